The van der Waals surface area contributed by atoms with Crippen molar-refractivity contribution in [1.29, 1.82) is 0 Å². The fourth-order valence-electron chi connectivity index (χ4n) is 2.87. The van der Waals surface area contributed by atoms with Crippen LogP contribution in [0.4, 0.5) is 0 Å². The van der Waals surface area contributed by atoms with Gasteiger partial charge in [0.25, 0.3) is 5.91 Å². The van der Waals surface area contributed by atoms with Crippen molar-refractivity contribution in [2.24, 2.45) is 0 Å². The second-order valence-corrected chi connectivity index (χ2v) is 5.84. The molecule has 0 N–H and O–H groups in total. The van der Waals surface area contributed by atoms with Crippen LogP contribution in [0.1, 0.15) is 27.9 Å². The van der Waals surface area contributed by atoms with Crippen LogP contribution in [-0.4, -0.2) is 54.7 Å². The van der Waals surface area contributed by atoms with Crippen LogP contribution in [0.15, 0.2) is 34.9 Å². The molecule has 1 aliphatic rings. The number of benzene rings is 1. The third-order valence-electron chi connectivity index (χ3n) is 4.28. The fourth-order valence-corrected chi connectivity index (χ4v) is 2.87. The molecule has 0 spiro atoms. The molecule has 0 radical (unpaired) electrons. The second-order valence-electron chi connectivity index (χ2n) is 5.84. The summed E-state index contributed by atoms with van der Waals surface area (Å²) in [5.41, 5.74) is 1.54. The van der Waals surface area contributed by atoms with Crippen LogP contribution in [0, 0.1) is 6.92 Å². The first-order valence-electron chi connectivity index (χ1n) is 7.65. The summed E-state index contributed by atoms with van der Waals surface area (Å²) in [7, 11) is 3.74. The first-order chi connectivity index (χ1) is 11.1. The van der Waals surface area contributed by atoms with Crippen molar-refractivity contribution in [3.63, 3.8) is 0 Å². The lowest BCUT2D eigenvalue weighted by Gasteiger charge is -2.39. The monoisotopic (exact) mass is 315 g/mol. The number of rotatable bonds is 3. The molecule has 6 heteroatoms. The third-order valence-corrected chi connectivity index (χ3v) is 4.28. The van der Waals surface area contributed by atoms with Gasteiger partial charge >= 0.3 is 0 Å². The number of carbonyl (C=O) groups excluding carboxylic acids is 1. The number of hydrogen-bond acceptors (Lipinski definition) is 5. The molecule has 0 unspecified atom stereocenters. The van der Waals surface area contributed by atoms with Gasteiger partial charge in [0.1, 0.15) is 11.5 Å². The molecule has 23 heavy (non-hydrogen) atoms. The van der Waals surface area contributed by atoms with E-state index in [1.54, 1.807) is 20.1 Å². The van der Waals surface area contributed by atoms with Gasteiger partial charge in [0.05, 0.1) is 13.2 Å². The summed E-state index contributed by atoms with van der Waals surface area (Å²) in [6.45, 7) is 3.93. The van der Waals surface area contributed by atoms with Crippen LogP contribution in [0.3, 0.4) is 0 Å². The summed E-state index contributed by atoms with van der Waals surface area (Å²) in [6, 6.07) is 9.84. The summed E-state index contributed by atoms with van der Waals surface area (Å²) in [5, 5.41) is 3.83. The van der Waals surface area contributed by atoms with Gasteiger partial charge in [0.2, 0.25) is 0 Å². The minimum atomic E-state index is -0.0755. The molecule has 1 amide bonds. The van der Waals surface area contributed by atoms with Crippen molar-refractivity contribution >= 4 is 5.91 Å². The third kappa shape index (κ3) is 3.22. The highest BCUT2D eigenvalue weighted by Gasteiger charge is 2.30. The molecule has 6 nitrogen and oxygen atoms in total. The van der Waals surface area contributed by atoms with Crippen molar-refractivity contribution in [1.82, 2.24) is 15.0 Å². The molecular formula is C17H21N3O3. The predicted octanol–water partition coefficient (Wildman–Crippen LogP) is 2.12. The lowest BCUT2D eigenvalue weighted by atomic mass is 10.0. The van der Waals surface area contributed by atoms with Crippen LogP contribution < -0.4 is 4.74 Å². The van der Waals surface area contributed by atoms with Crippen LogP contribution in [-0.2, 0) is 0 Å². The Bertz CT molecular complexity index is 681. The van der Waals surface area contributed by atoms with E-state index in [0.717, 1.165) is 12.3 Å². The van der Waals surface area contributed by atoms with E-state index in [-0.39, 0.29) is 11.9 Å². The van der Waals surface area contributed by atoms with E-state index < -0.39 is 0 Å². The zero-order valence-electron chi connectivity index (χ0n) is 13.7. The maximum Gasteiger partial charge on any atom is 0.276 e. The van der Waals surface area contributed by atoms with Gasteiger partial charge in [0.15, 0.2) is 5.69 Å². The highest BCUT2D eigenvalue weighted by Crippen LogP contribution is 2.26. The number of likely N-dealkylation sites (N-methyl/N-ethyl adjacent to an activating group) is 1. The van der Waals surface area contributed by atoms with E-state index in [4.69, 9.17) is 9.26 Å². The standard InChI is InChI=1S/C17H21N3O3/c1-12-10-15(18-23-12)17(21)20-9-8-19(2)16(11-20)13-4-6-14(22-3)7-5-13/h4-7,10,16H,8-9,11H2,1-3H3/t16-/m0/s1. The van der Waals surface area contributed by atoms with Gasteiger partial charge in [-0.3, -0.25) is 9.69 Å². The number of hydrogen-bond donors (Lipinski definition) is 0. The van der Waals surface area contributed by atoms with Crippen LogP contribution in [0.25, 0.3) is 0 Å². The highest BCUT2D eigenvalue weighted by molar-refractivity contribution is 5.92. The van der Waals surface area contributed by atoms with E-state index in [1.165, 1.54) is 5.56 Å². The maximum atomic E-state index is 12.6. The molecular weight excluding hydrogens is 294 g/mol. The smallest absolute Gasteiger partial charge is 0.276 e. The Morgan fingerprint density at radius 1 is 1.30 bits per heavy atom. The summed E-state index contributed by atoms with van der Waals surface area (Å²) in [5.74, 6) is 1.40. The van der Waals surface area contributed by atoms with Gasteiger partial charge in [-0.15, -0.1) is 0 Å². The molecule has 2 aromatic rings. The van der Waals surface area contributed by atoms with E-state index >= 15 is 0 Å². The van der Waals surface area contributed by atoms with Crippen molar-refractivity contribution in [3.8, 4) is 5.75 Å². The zero-order valence-corrected chi connectivity index (χ0v) is 13.7. The SMILES string of the molecule is COc1ccc([C@@H]2CN(C(=O)c3cc(C)on3)CCN2C)cc1. The Hall–Kier alpha value is -2.34. The molecule has 0 aliphatic carbocycles. The first-order valence-corrected chi connectivity index (χ1v) is 7.65. The maximum absolute atomic E-state index is 12.6. The molecule has 1 fully saturated rings. The molecule has 122 valence electrons. The van der Waals surface area contributed by atoms with Gasteiger partial charge in [-0.05, 0) is 31.7 Å². The average Bonchev–Trinajstić information content (AvgIpc) is 3.01. The summed E-state index contributed by atoms with van der Waals surface area (Å²) in [6.07, 6.45) is 0. The number of nitrogens with zero attached hydrogens (tertiary/aromatic N) is 3. The minimum Gasteiger partial charge on any atom is -0.497 e. The molecule has 1 saturated heterocycles. The molecule has 3 rings (SSSR count). The molecule has 1 aliphatic heterocycles. The Morgan fingerprint density at radius 3 is 2.65 bits per heavy atom. The number of aromatic nitrogens is 1. The quantitative estimate of drug-likeness (QED) is 0.868. The Balaban J connectivity index is 1.77. The Kier molecular flexibility index (Phi) is 4.34. The fraction of sp³-hybridized carbons (Fsp3) is 0.412. The molecule has 1 aromatic carbocycles. The van der Waals surface area contributed by atoms with Crippen LogP contribution in [0.5, 0.6) is 5.75 Å². The van der Waals surface area contributed by atoms with Gasteiger partial charge in [-0.25, -0.2) is 0 Å². The topological polar surface area (TPSA) is 58.8 Å². The van der Waals surface area contributed by atoms with Crippen LogP contribution >= 0.6 is 0 Å². The number of methoxy groups -OCH3 is 1. The summed E-state index contributed by atoms with van der Waals surface area (Å²) < 4.78 is 10.2. The van der Waals surface area contributed by atoms with E-state index in [0.29, 0.717) is 24.5 Å². The number of amides is 1. The van der Waals surface area contributed by atoms with E-state index in [9.17, 15) is 4.79 Å². The van der Waals surface area contributed by atoms with Gasteiger partial charge in [-0.2, -0.15) is 0 Å². The second kappa shape index (κ2) is 6.42. The summed E-state index contributed by atoms with van der Waals surface area (Å²) >= 11 is 0. The van der Waals surface area contributed by atoms with Crippen molar-refractivity contribution < 1.29 is 14.1 Å². The lowest BCUT2D eigenvalue weighted by Crippen LogP contribution is -2.49. The molecule has 2 heterocycles. The minimum absolute atomic E-state index is 0.0755. The molecule has 1 aromatic heterocycles. The zero-order chi connectivity index (χ0) is 16.4. The van der Waals surface area contributed by atoms with E-state index in [2.05, 4.69) is 17.1 Å². The highest BCUT2D eigenvalue weighted by atomic mass is 16.5. The summed E-state index contributed by atoms with van der Waals surface area (Å²) in [4.78, 5) is 16.7. The van der Waals surface area contributed by atoms with Gasteiger partial charge in [-0.1, -0.05) is 17.3 Å². The van der Waals surface area contributed by atoms with Gasteiger partial charge < -0.3 is 14.2 Å². The van der Waals surface area contributed by atoms with Gasteiger partial charge in [0, 0.05) is 25.7 Å². The number of aryl methyl sites for hydroxylation is 1. The number of carbonyl (C=O) groups is 1. The number of ether oxygens (including phenoxy) is 1. The van der Waals surface area contributed by atoms with Crippen LogP contribution in [0.2, 0.25) is 0 Å². The number of piperazine rings is 1. The largest absolute Gasteiger partial charge is 0.497 e. The molecule has 0 bridgehead atoms. The average molecular weight is 315 g/mol. The Morgan fingerprint density at radius 2 is 2.04 bits per heavy atom. The molecule has 0 saturated carbocycles. The predicted molar refractivity (Wildman–Crippen MR) is 85.5 cm³/mol. The molecule has 1 atom stereocenters. The normalized spacial score (nSPS) is 18.9. The Labute approximate surface area is 135 Å². The lowest BCUT2D eigenvalue weighted by molar-refractivity contribution is 0.0536. The van der Waals surface area contributed by atoms with Crippen molar-refractivity contribution in [3.05, 3.63) is 47.3 Å². The van der Waals surface area contributed by atoms with Crippen molar-refractivity contribution in [2.75, 3.05) is 33.8 Å². The van der Waals surface area contributed by atoms with E-state index in [1.807, 2.05) is 29.2 Å². The first kappa shape index (κ1) is 15.6. The van der Waals surface area contributed by atoms with Crippen molar-refractivity contribution in [2.45, 2.75) is 13.0 Å².